The molecule has 0 fully saturated rings. The van der Waals surface area contributed by atoms with Crippen molar-refractivity contribution in [3.05, 3.63) is 33.4 Å². The van der Waals surface area contributed by atoms with E-state index in [1.807, 2.05) is 20.4 Å². The topological polar surface area (TPSA) is 51.2 Å². The van der Waals surface area contributed by atoms with Crippen molar-refractivity contribution in [1.82, 2.24) is 0 Å². The van der Waals surface area contributed by atoms with E-state index in [4.69, 9.17) is 14.4 Å². The first-order chi connectivity index (χ1) is 8.46. The zero-order valence-electron chi connectivity index (χ0n) is 12.8. The smallest absolute Gasteiger partial charge is 0.307 e. The first-order valence-corrected chi connectivity index (χ1v) is 5.37. The van der Waals surface area contributed by atoms with Crippen molar-refractivity contribution >= 4 is 20.4 Å². The summed E-state index contributed by atoms with van der Waals surface area (Å²) in [6.07, 6.45) is 0. The van der Waals surface area contributed by atoms with Gasteiger partial charge in [-0.3, -0.25) is 0 Å². The summed E-state index contributed by atoms with van der Waals surface area (Å²) in [4.78, 5) is 24.0. The normalized spacial score (nSPS) is 7.26. The average molecular weight is 304 g/mol. The minimum Gasteiger partial charge on any atom is -0.307 e. The summed E-state index contributed by atoms with van der Waals surface area (Å²) in [7, 11) is 0. The zero-order valence-corrected chi connectivity index (χ0v) is 14.0. The summed E-state index contributed by atoms with van der Waals surface area (Å²) in [6.45, 7) is 19.3. The van der Waals surface area contributed by atoms with Gasteiger partial charge in [0.05, 0.1) is 0 Å². The Labute approximate surface area is 127 Å². The molecule has 1 rings (SSSR count). The van der Waals surface area contributed by atoms with Crippen LogP contribution in [0.3, 0.4) is 0 Å². The monoisotopic (exact) mass is 304 g/mol. The summed E-state index contributed by atoms with van der Waals surface area (Å²) in [6, 6.07) is 0. The van der Waals surface area contributed by atoms with Crippen molar-refractivity contribution in [2.45, 2.75) is 41.5 Å². The van der Waals surface area contributed by atoms with E-state index in [0.717, 1.165) is 0 Å². The summed E-state index contributed by atoms with van der Waals surface area (Å²) >= 11 is 0. The quantitative estimate of drug-likeness (QED) is 0.740. The Bertz CT molecular complexity index is 266. The van der Waals surface area contributed by atoms with Gasteiger partial charge in [0.15, 0.2) is 0 Å². The second-order valence-electron chi connectivity index (χ2n) is 3.75. The Hall–Kier alpha value is -1.24. The first kappa shape index (κ1) is 26.4. The Morgan fingerprint density at radius 1 is 0.421 bits per heavy atom. The van der Waals surface area contributed by atoms with Gasteiger partial charge >= 0.3 is 17.4 Å². The van der Waals surface area contributed by atoms with Gasteiger partial charge in [0.1, 0.15) is 20.4 Å². The van der Waals surface area contributed by atoms with Crippen molar-refractivity contribution in [3.63, 3.8) is 0 Å². The molecule has 0 bridgehead atoms. The van der Waals surface area contributed by atoms with Gasteiger partial charge in [-0.25, -0.2) is 0 Å². The van der Waals surface area contributed by atoms with Gasteiger partial charge in [-0.15, -0.1) is 0 Å². The van der Waals surface area contributed by atoms with Crippen LogP contribution < -0.4 is 0 Å². The van der Waals surface area contributed by atoms with Crippen LogP contribution >= 0.6 is 0 Å². The van der Waals surface area contributed by atoms with Gasteiger partial charge in [0.25, 0.3) is 0 Å². The van der Waals surface area contributed by atoms with Crippen molar-refractivity contribution in [2.24, 2.45) is 0 Å². The number of carbonyl (C=O) groups excluding carboxylic acids is 3. The third-order valence-corrected chi connectivity index (χ3v) is 3.38. The molecular weight excluding hydrogens is 280 g/mol. The fraction of sp³-hybridized carbons (Fsp3) is 0.400. The molecular formula is C15H24CrO3+2. The van der Waals surface area contributed by atoms with E-state index in [1.54, 1.807) is 0 Å². The largest absolute Gasteiger partial charge is 2.00 e. The molecule has 0 aliphatic rings. The molecule has 4 heteroatoms. The van der Waals surface area contributed by atoms with E-state index >= 15 is 0 Å². The van der Waals surface area contributed by atoms with Gasteiger partial charge < -0.3 is 14.4 Å². The molecule has 106 valence electrons. The van der Waals surface area contributed by atoms with Crippen LogP contribution in [0.2, 0.25) is 0 Å². The van der Waals surface area contributed by atoms with Crippen LogP contribution in [-0.4, -0.2) is 20.4 Å². The van der Waals surface area contributed by atoms with Crippen molar-refractivity contribution < 1.29 is 31.7 Å². The summed E-state index contributed by atoms with van der Waals surface area (Å²) in [5, 5.41) is 0. The Morgan fingerprint density at radius 2 is 0.474 bits per heavy atom. The van der Waals surface area contributed by atoms with Crippen molar-refractivity contribution in [2.75, 3.05) is 0 Å². The molecule has 0 aliphatic carbocycles. The molecule has 3 nitrogen and oxygen atoms in total. The molecule has 0 heterocycles. The van der Waals surface area contributed by atoms with E-state index in [2.05, 4.69) is 41.5 Å². The van der Waals surface area contributed by atoms with Gasteiger partial charge in [-0.2, -0.15) is 0 Å². The molecule has 0 unspecified atom stereocenters. The molecule has 0 amide bonds. The molecule has 19 heavy (non-hydrogen) atoms. The van der Waals surface area contributed by atoms with E-state index < -0.39 is 0 Å². The van der Waals surface area contributed by atoms with Gasteiger partial charge in [-0.1, -0.05) is 0 Å². The molecule has 1 aromatic rings. The summed E-state index contributed by atoms with van der Waals surface area (Å²) in [5.41, 5.74) is 8.73. The number of hydrogen-bond donors (Lipinski definition) is 0. The standard InChI is InChI=1S/C12H18.3CH2O.Cr/c1-7-8(2)10(4)12(6)11(5)9(7)3;3*1-2;/h1-6H3;3*1H2;/q;;;;+2. The van der Waals surface area contributed by atoms with E-state index in [1.165, 1.54) is 33.4 Å². The molecule has 0 aromatic heterocycles. The van der Waals surface area contributed by atoms with Crippen LogP contribution in [0.15, 0.2) is 0 Å². The fourth-order valence-corrected chi connectivity index (χ4v) is 1.69. The molecule has 0 saturated heterocycles. The maximum atomic E-state index is 8.00. The molecule has 0 saturated carbocycles. The van der Waals surface area contributed by atoms with Gasteiger partial charge in [0.2, 0.25) is 0 Å². The number of carbonyl (C=O) groups is 3. The van der Waals surface area contributed by atoms with Crippen LogP contribution in [-0.2, 0) is 31.7 Å². The van der Waals surface area contributed by atoms with E-state index in [9.17, 15) is 0 Å². The van der Waals surface area contributed by atoms with Crippen LogP contribution in [0, 0.1) is 41.5 Å². The maximum Gasteiger partial charge on any atom is 2.00 e. The molecule has 1 aromatic carbocycles. The maximum absolute atomic E-state index is 8.00. The SMILES string of the molecule is C=O.C=O.C=O.Cc1c(C)c(C)c(C)c(C)c1C.[Cr+2]. The Morgan fingerprint density at radius 3 is 0.526 bits per heavy atom. The summed E-state index contributed by atoms with van der Waals surface area (Å²) < 4.78 is 0. The zero-order chi connectivity index (χ0) is 15.5. The third kappa shape index (κ3) is 7.05. The number of rotatable bonds is 0. The predicted molar refractivity (Wildman–Crippen MR) is 76.2 cm³/mol. The molecule has 0 aliphatic heterocycles. The Balaban J connectivity index is -0.000000142. The Kier molecular flexibility index (Phi) is 20.6. The predicted octanol–water partition coefficient (Wildman–Crippen LogP) is 2.98. The molecule has 0 spiro atoms. The van der Waals surface area contributed by atoms with E-state index in [0.29, 0.717) is 0 Å². The number of benzene rings is 1. The minimum atomic E-state index is 0. The summed E-state index contributed by atoms with van der Waals surface area (Å²) in [5.74, 6) is 0. The molecule has 0 N–H and O–H groups in total. The third-order valence-electron chi connectivity index (χ3n) is 3.38. The average Bonchev–Trinajstić information content (AvgIpc) is 2.47. The molecule has 0 atom stereocenters. The van der Waals surface area contributed by atoms with Gasteiger partial charge in [-0.05, 0) is 74.9 Å². The van der Waals surface area contributed by atoms with Crippen LogP contribution in [0.5, 0.6) is 0 Å². The second kappa shape index (κ2) is 14.8. The van der Waals surface area contributed by atoms with Crippen molar-refractivity contribution in [1.29, 1.82) is 0 Å². The second-order valence-corrected chi connectivity index (χ2v) is 3.75. The molecule has 0 radical (unpaired) electrons. The minimum absolute atomic E-state index is 0. The number of hydrogen-bond acceptors (Lipinski definition) is 3. The van der Waals surface area contributed by atoms with E-state index in [-0.39, 0.29) is 17.4 Å². The fourth-order valence-electron chi connectivity index (χ4n) is 1.69. The van der Waals surface area contributed by atoms with Crippen molar-refractivity contribution in [3.8, 4) is 0 Å². The van der Waals surface area contributed by atoms with Gasteiger partial charge in [0, 0.05) is 0 Å². The first-order valence-electron chi connectivity index (χ1n) is 5.37. The van der Waals surface area contributed by atoms with Crippen LogP contribution in [0.25, 0.3) is 0 Å². The van der Waals surface area contributed by atoms with Crippen LogP contribution in [0.1, 0.15) is 33.4 Å². The van der Waals surface area contributed by atoms with Crippen LogP contribution in [0.4, 0.5) is 0 Å².